The molecule has 0 aliphatic carbocycles. The molecule has 0 aliphatic rings. The van der Waals surface area contributed by atoms with Crippen LogP contribution in [0, 0.1) is 0 Å². The molecule has 0 atom stereocenters. The van der Waals surface area contributed by atoms with Gasteiger partial charge in [-0.3, -0.25) is 4.99 Å². The molecule has 2 heterocycles. The Morgan fingerprint density at radius 1 is 1.03 bits per heavy atom. The van der Waals surface area contributed by atoms with Crippen LogP contribution in [-0.4, -0.2) is 34.5 Å². The first-order valence-electron chi connectivity index (χ1n) is 9.70. The number of H-pyrrole nitrogens is 1. The average molecular weight is 388 g/mol. The molecule has 148 valence electrons. The van der Waals surface area contributed by atoms with Crippen molar-refractivity contribution < 1.29 is 4.42 Å². The number of para-hydroxylation sites is 2. The quantitative estimate of drug-likeness (QED) is 0.256. The number of aromatic nitrogens is 3. The third-order valence-corrected chi connectivity index (χ3v) is 4.55. The molecule has 3 N–H and O–H groups in total. The Morgan fingerprint density at radius 3 is 2.69 bits per heavy atom. The minimum atomic E-state index is 0.541. The van der Waals surface area contributed by atoms with Crippen LogP contribution >= 0.6 is 0 Å². The summed E-state index contributed by atoms with van der Waals surface area (Å²) in [6.07, 6.45) is 3.50. The molecular weight excluding hydrogens is 364 g/mol. The van der Waals surface area contributed by atoms with Crippen molar-refractivity contribution in [1.82, 2.24) is 25.6 Å². The number of fused-ring (bicyclic) bond motifs is 1. The Bertz CT molecular complexity index is 1050. The molecule has 0 aliphatic heterocycles. The highest BCUT2D eigenvalue weighted by Crippen LogP contribution is 2.17. The zero-order valence-corrected chi connectivity index (χ0v) is 16.4. The summed E-state index contributed by atoms with van der Waals surface area (Å²) < 4.78 is 5.57. The highest BCUT2D eigenvalue weighted by Gasteiger charge is 2.07. The lowest BCUT2D eigenvalue weighted by Gasteiger charge is -2.10. The van der Waals surface area contributed by atoms with Crippen molar-refractivity contribution in [3.63, 3.8) is 0 Å². The number of nitrogens with one attached hydrogen (secondary N) is 3. The largest absolute Gasteiger partial charge is 0.444 e. The predicted molar refractivity (Wildman–Crippen MR) is 115 cm³/mol. The van der Waals surface area contributed by atoms with Crippen molar-refractivity contribution in [2.45, 2.75) is 19.4 Å². The first kappa shape index (κ1) is 18.7. The molecule has 7 nitrogen and oxygen atoms in total. The van der Waals surface area contributed by atoms with Gasteiger partial charge in [0.25, 0.3) is 0 Å². The summed E-state index contributed by atoms with van der Waals surface area (Å²) in [5.41, 5.74) is 3.88. The van der Waals surface area contributed by atoms with Crippen LogP contribution in [0.3, 0.4) is 0 Å². The number of hydrogen-bond acceptors (Lipinski definition) is 4. The second-order valence-corrected chi connectivity index (χ2v) is 6.67. The normalized spacial score (nSPS) is 11.7. The molecule has 0 unspecified atom stereocenters. The molecule has 0 amide bonds. The van der Waals surface area contributed by atoms with Crippen molar-refractivity contribution in [1.29, 1.82) is 0 Å². The number of rotatable bonds is 7. The molecule has 0 saturated heterocycles. The number of aryl methyl sites for hydroxylation is 1. The maximum atomic E-state index is 5.57. The molecule has 4 aromatic rings. The van der Waals surface area contributed by atoms with Crippen LogP contribution in [-0.2, 0) is 13.0 Å². The molecule has 2 aromatic heterocycles. The van der Waals surface area contributed by atoms with E-state index in [1.807, 2.05) is 54.6 Å². The number of hydrogen-bond donors (Lipinski definition) is 3. The number of nitrogens with zero attached hydrogens (tertiary/aromatic N) is 3. The van der Waals surface area contributed by atoms with E-state index in [0.29, 0.717) is 12.4 Å². The van der Waals surface area contributed by atoms with Crippen molar-refractivity contribution in [3.05, 3.63) is 72.4 Å². The zero-order chi connectivity index (χ0) is 19.9. The summed E-state index contributed by atoms with van der Waals surface area (Å²) in [5, 5.41) is 6.58. The van der Waals surface area contributed by atoms with E-state index in [9.17, 15) is 0 Å². The summed E-state index contributed by atoms with van der Waals surface area (Å²) in [6.45, 7) is 1.34. The number of benzene rings is 2. The first-order valence-corrected chi connectivity index (χ1v) is 9.70. The fourth-order valence-electron chi connectivity index (χ4n) is 3.08. The van der Waals surface area contributed by atoms with Gasteiger partial charge in [-0.25, -0.2) is 9.97 Å². The molecule has 0 saturated carbocycles. The van der Waals surface area contributed by atoms with Gasteiger partial charge in [0.2, 0.25) is 5.89 Å². The van der Waals surface area contributed by atoms with Gasteiger partial charge in [0.1, 0.15) is 12.1 Å². The lowest BCUT2D eigenvalue weighted by molar-refractivity contribution is 0.572. The van der Waals surface area contributed by atoms with E-state index in [1.54, 1.807) is 13.3 Å². The molecule has 7 heteroatoms. The third-order valence-electron chi connectivity index (χ3n) is 4.55. The van der Waals surface area contributed by atoms with E-state index in [-0.39, 0.29) is 0 Å². The number of aromatic amines is 1. The van der Waals surface area contributed by atoms with Gasteiger partial charge in [-0.15, -0.1) is 0 Å². The molecule has 2 aromatic carbocycles. The fraction of sp³-hybridized carbons (Fsp3) is 0.227. The van der Waals surface area contributed by atoms with Gasteiger partial charge in [-0.05, 0) is 30.7 Å². The van der Waals surface area contributed by atoms with Crippen molar-refractivity contribution in [3.8, 4) is 11.5 Å². The molecule has 0 spiro atoms. The molecule has 29 heavy (non-hydrogen) atoms. The Labute approximate surface area is 169 Å². The average Bonchev–Trinajstić information content (AvgIpc) is 3.40. The van der Waals surface area contributed by atoms with E-state index in [4.69, 9.17) is 4.42 Å². The molecule has 0 radical (unpaired) electrons. The second kappa shape index (κ2) is 9.05. The van der Waals surface area contributed by atoms with E-state index in [1.165, 1.54) is 0 Å². The minimum absolute atomic E-state index is 0.541. The van der Waals surface area contributed by atoms with Crippen LogP contribution in [0.2, 0.25) is 0 Å². The lowest BCUT2D eigenvalue weighted by Crippen LogP contribution is -2.37. The highest BCUT2D eigenvalue weighted by molar-refractivity contribution is 5.79. The third kappa shape index (κ3) is 4.82. The summed E-state index contributed by atoms with van der Waals surface area (Å²) in [7, 11) is 1.76. The number of oxazole rings is 1. The van der Waals surface area contributed by atoms with Crippen LogP contribution in [0.25, 0.3) is 22.5 Å². The Hall–Kier alpha value is -3.61. The van der Waals surface area contributed by atoms with E-state index in [0.717, 1.165) is 53.5 Å². The van der Waals surface area contributed by atoms with Gasteiger partial charge in [-0.2, -0.15) is 0 Å². The summed E-state index contributed by atoms with van der Waals surface area (Å²) in [6, 6.07) is 17.9. The number of aliphatic imine (C=N–C) groups is 1. The Morgan fingerprint density at radius 2 is 1.86 bits per heavy atom. The van der Waals surface area contributed by atoms with E-state index in [2.05, 4.69) is 30.6 Å². The highest BCUT2D eigenvalue weighted by atomic mass is 16.3. The zero-order valence-electron chi connectivity index (χ0n) is 16.4. The molecule has 0 bridgehead atoms. The van der Waals surface area contributed by atoms with Crippen LogP contribution in [0.1, 0.15) is 17.9 Å². The Kier molecular flexibility index (Phi) is 5.85. The number of guanidine groups is 1. The smallest absolute Gasteiger partial charge is 0.226 e. The van der Waals surface area contributed by atoms with E-state index >= 15 is 0 Å². The van der Waals surface area contributed by atoms with Crippen molar-refractivity contribution in [2.24, 2.45) is 4.99 Å². The van der Waals surface area contributed by atoms with Gasteiger partial charge < -0.3 is 20.0 Å². The summed E-state index contributed by atoms with van der Waals surface area (Å²) in [4.78, 5) is 16.7. The minimum Gasteiger partial charge on any atom is -0.444 e. The van der Waals surface area contributed by atoms with Crippen molar-refractivity contribution >= 4 is 17.0 Å². The van der Waals surface area contributed by atoms with E-state index < -0.39 is 0 Å². The van der Waals surface area contributed by atoms with Gasteiger partial charge in [-0.1, -0.05) is 30.3 Å². The van der Waals surface area contributed by atoms with Gasteiger partial charge in [0.05, 0.1) is 23.3 Å². The topological polar surface area (TPSA) is 91.1 Å². The van der Waals surface area contributed by atoms with Gasteiger partial charge >= 0.3 is 0 Å². The first-order chi connectivity index (χ1) is 14.3. The number of imidazole rings is 1. The Balaban J connectivity index is 1.22. The summed E-state index contributed by atoms with van der Waals surface area (Å²) >= 11 is 0. The van der Waals surface area contributed by atoms with Crippen LogP contribution < -0.4 is 10.6 Å². The van der Waals surface area contributed by atoms with Gasteiger partial charge in [0.15, 0.2) is 5.96 Å². The molecular formula is C22H24N6O. The van der Waals surface area contributed by atoms with Crippen LogP contribution in [0.4, 0.5) is 0 Å². The lowest BCUT2D eigenvalue weighted by atomic mass is 10.2. The molecule has 4 rings (SSSR count). The second-order valence-electron chi connectivity index (χ2n) is 6.67. The summed E-state index contributed by atoms with van der Waals surface area (Å²) in [5.74, 6) is 2.36. The van der Waals surface area contributed by atoms with Crippen LogP contribution in [0.15, 0.2) is 70.3 Å². The van der Waals surface area contributed by atoms with Gasteiger partial charge in [0, 0.05) is 25.6 Å². The van der Waals surface area contributed by atoms with Crippen LogP contribution in [0.5, 0.6) is 0 Å². The van der Waals surface area contributed by atoms with Crippen molar-refractivity contribution in [2.75, 3.05) is 13.6 Å². The predicted octanol–water partition coefficient (Wildman–Crippen LogP) is 3.52. The maximum Gasteiger partial charge on any atom is 0.226 e. The fourth-order valence-corrected chi connectivity index (χ4v) is 3.08. The molecule has 0 fully saturated rings. The standard InChI is InChI=1S/C22H24N6O/c1-23-22(24-13-7-12-20-27-18-10-5-6-11-19(18)28-20)25-14-17-15-29-21(26-17)16-8-3-2-4-9-16/h2-6,8-11,15H,7,12-14H2,1H3,(H,27,28)(H2,23,24,25). The SMILES string of the molecule is CN=C(NCCCc1nc2ccccc2[nH]1)NCc1coc(-c2ccccc2)n1. The maximum absolute atomic E-state index is 5.57. The monoisotopic (exact) mass is 388 g/mol.